The van der Waals surface area contributed by atoms with E-state index in [1.807, 2.05) is 30.3 Å². The van der Waals surface area contributed by atoms with Crippen LogP contribution in [0, 0.1) is 0 Å². The van der Waals surface area contributed by atoms with Crippen LogP contribution in [-0.2, 0) is 11.3 Å². The van der Waals surface area contributed by atoms with E-state index in [0.29, 0.717) is 18.1 Å². The molecule has 0 saturated heterocycles. The van der Waals surface area contributed by atoms with Crippen molar-refractivity contribution in [2.45, 2.75) is 6.61 Å². The lowest BCUT2D eigenvalue weighted by Gasteiger charge is -2.11. The van der Waals surface area contributed by atoms with Crippen molar-refractivity contribution in [3.05, 3.63) is 66.2 Å². The molecule has 0 bridgehead atoms. The van der Waals surface area contributed by atoms with Crippen molar-refractivity contribution in [3.8, 4) is 11.5 Å². The molecule has 2 rings (SSSR count). The van der Waals surface area contributed by atoms with Crippen molar-refractivity contribution in [1.82, 2.24) is 0 Å². The number of hydrogen-bond acceptors (Lipinski definition) is 3. The average Bonchev–Trinajstić information content (AvgIpc) is 2.46. The third-order valence-corrected chi connectivity index (χ3v) is 2.76. The molecule has 19 heavy (non-hydrogen) atoms. The highest BCUT2D eigenvalue weighted by molar-refractivity contribution is 5.61. The minimum atomic E-state index is 0.0992. The van der Waals surface area contributed by atoms with Crippen molar-refractivity contribution in [1.29, 1.82) is 0 Å². The molecule has 0 unspecified atom stereocenters. The highest BCUT2D eigenvalue weighted by atomic mass is 16.5. The van der Waals surface area contributed by atoms with Gasteiger partial charge in [-0.15, -0.1) is 0 Å². The Morgan fingerprint density at radius 3 is 2.58 bits per heavy atom. The predicted molar refractivity (Wildman–Crippen MR) is 74.9 cm³/mol. The van der Waals surface area contributed by atoms with Gasteiger partial charge in [-0.2, -0.15) is 0 Å². The topological polar surface area (TPSA) is 38.7 Å². The van der Waals surface area contributed by atoms with Crippen LogP contribution in [0.25, 0.3) is 5.76 Å². The molecule has 0 aliphatic carbocycles. The Bertz CT molecular complexity index is 561. The first-order valence-electron chi connectivity index (χ1n) is 5.93. The van der Waals surface area contributed by atoms with Gasteiger partial charge in [0.25, 0.3) is 0 Å². The molecule has 2 aromatic carbocycles. The Balaban J connectivity index is 2.04. The number of phenolic OH excluding ortho intramolecular Hbond substituents is 1. The summed E-state index contributed by atoms with van der Waals surface area (Å²) in [4.78, 5) is 0. The van der Waals surface area contributed by atoms with Crippen LogP contribution in [0.4, 0.5) is 0 Å². The van der Waals surface area contributed by atoms with Gasteiger partial charge in [0.2, 0.25) is 0 Å². The van der Waals surface area contributed by atoms with Crippen LogP contribution in [0.15, 0.2) is 55.1 Å². The van der Waals surface area contributed by atoms with E-state index in [1.165, 1.54) is 7.11 Å². The molecule has 3 heteroatoms. The number of benzene rings is 2. The van der Waals surface area contributed by atoms with E-state index in [1.54, 1.807) is 18.2 Å². The van der Waals surface area contributed by atoms with Gasteiger partial charge in [-0.25, -0.2) is 0 Å². The SMILES string of the molecule is C=C(OCc1ccccc1)c1ccc(O)c(OC)c1. The molecule has 0 amide bonds. The van der Waals surface area contributed by atoms with E-state index in [0.717, 1.165) is 11.1 Å². The van der Waals surface area contributed by atoms with E-state index >= 15 is 0 Å². The number of hydrogen-bond donors (Lipinski definition) is 1. The summed E-state index contributed by atoms with van der Waals surface area (Å²) in [6, 6.07) is 14.9. The molecule has 2 aromatic rings. The molecule has 0 atom stereocenters. The first-order valence-corrected chi connectivity index (χ1v) is 5.93. The fourth-order valence-corrected chi connectivity index (χ4v) is 1.68. The zero-order valence-corrected chi connectivity index (χ0v) is 10.8. The summed E-state index contributed by atoms with van der Waals surface area (Å²) in [5.74, 6) is 1.05. The molecule has 0 saturated carbocycles. The van der Waals surface area contributed by atoms with Gasteiger partial charge in [0, 0.05) is 5.56 Å². The van der Waals surface area contributed by atoms with Crippen LogP contribution < -0.4 is 4.74 Å². The molecule has 0 heterocycles. The van der Waals surface area contributed by atoms with Crippen molar-refractivity contribution in [3.63, 3.8) is 0 Å². The molecule has 1 N–H and O–H groups in total. The maximum atomic E-state index is 9.53. The van der Waals surface area contributed by atoms with Gasteiger partial charge < -0.3 is 14.6 Å². The van der Waals surface area contributed by atoms with Crippen LogP contribution >= 0.6 is 0 Å². The molecule has 0 spiro atoms. The minimum absolute atomic E-state index is 0.0992. The van der Waals surface area contributed by atoms with Crippen LogP contribution in [0.2, 0.25) is 0 Å². The standard InChI is InChI=1S/C16H16O3/c1-12(19-11-13-6-4-3-5-7-13)14-8-9-15(17)16(10-14)18-2/h3-10,17H,1,11H2,2H3. The van der Waals surface area contributed by atoms with Crippen LogP contribution in [0.3, 0.4) is 0 Å². The summed E-state index contributed by atoms with van der Waals surface area (Å²) in [5.41, 5.74) is 1.86. The quantitative estimate of drug-likeness (QED) is 0.831. The Labute approximate surface area is 112 Å². The molecule has 0 aliphatic rings. The van der Waals surface area contributed by atoms with E-state index in [4.69, 9.17) is 9.47 Å². The van der Waals surface area contributed by atoms with Crippen molar-refractivity contribution in [2.24, 2.45) is 0 Å². The number of aromatic hydroxyl groups is 1. The third kappa shape index (κ3) is 3.28. The number of ether oxygens (including phenoxy) is 2. The first kappa shape index (κ1) is 13.0. The van der Waals surface area contributed by atoms with E-state index < -0.39 is 0 Å². The van der Waals surface area contributed by atoms with Crippen LogP contribution in [-0.4, -0.2) is 12.2 Å². The summed E-state index contributed by atoms with van der Waals surface area (Å²) in [6.07, 6.45) is 0. The lowest BCUT2D eigenvalue weighted by molar-refractivity contribution is 0.265. The second-order valence-electron chi connectivity index (χ2n) is 4.08. The molecule has 0 fully saturated rings. The predicted octanol–water partition coefficient (Wildman–Crippen LogP) is 3.59. The number of rotatable bonds is 5. The smallest absolute Gasteiger partial charge is 0.161 e. The zero-order chi connectivity index (χ0) is 13.7. The molecule has 0 radical (unpaired) electrons. The van der Waals surface area contributed by atoms with Gasteiger partial charge in [0.1, 0.15) is 12.4 Å². The molecular weight excluding hydrogens is 240 g/mol. The highest BCUT2D eigenvalue weighted by Crippen LogP contribution is 2.29. The summed E-state index contributed by atoms with van der Waals surface area (Å²) >= 11 is 0. The summed E-state index contributed by atoms with van der Waals surface area (Å²) in [6.45, 7) is 4.35. The molecule has 3 nitrogen and oxygen atoms in total. The summed E-state index contributed by atoms with van der Waals surface area (Å²) in [5, 5.41) is 9.53. The van der Waals surface area contributed by atoms with Gasteiger partial charge >= 0.3 is 0 Å². The summed E-state index contributed by atoms with van der Waals surface area (Å²) < 4.78 is 10.7. The maximum absolute atomic E-state index is 9.53. The molecule has 0 aromatic heterocycles. The van der Waals surface area contributed by atoms with Crippen LogP contribution in [0.5, 0.6) is 11.5 Å². The van der Waals surface area contributed by atoms with Gasteiger partial charge in [0.15, 0.2) is 11.5 Å². The molecule has 98 valence electrons. The lowest BCUT2D eigenvalue weighted by atomic mass is 10.1. The maximum Gasteiger partial charge on any atom is 0.161 e. The normalized spacial score (nSPS) is 9.95. The van der Waals surface area contributed by atoms with Gasteiger partial charge in [0.05, 0.1) is 7.11 Å². The number of phenols is 1. The Hall–Kier alpha value is -2.42. The fraction of sp³-hybridized carbons (Fsp3) is 0.125. The lowest BCUT2D eigenvalue weighted by Crippen LogP contribution is -1.93. The highest BCUT2D eigenvalue weighted by Gasteiger charge is 2.06. The van der Waals surface area contributed by atoms with Gasteiger partial charge in [-0.1, -0.05) is 36.9 Å². The van der Waals surface area contributed by atoms with Crippen LogP contribution in [0.1, 0.15) is 11.1 Å². The monoisotopic (exact) mass is 256 g/mol. The number of methoxy groups -OCH3 is 1. The Kier molecular flexibility index (Phi) is 4.08. The molecular formula is C16H16O3. The van der Waals surface area contributed by atoms with Crippen molar-refractivity contribution in [2.75, 3.05) is 7.11 Å². The van der Waals surface area contributed by atoms with E-state index in [-0.39, 0.29) is 5.75 Å². The second-order valence-corrected chi connectivity index (χ2v) is 4.08. The largest absolute Gasteiger partial charge is 0.504 e. The van der Waals surface area contributed by atoms with E-state index in [9.17, 15) is 5.11 Å². The van der Waals surface area contributed by atoms with Crippen molar-refractivity contribution >= 4 is 5.76 Å². The Morgan fingerprint density at radius 1 is 1.16 bits per heavy atom. The zero-order valence-electron chi connectivity index (χ0n) is 10.8. The summed E-state index contributed by atoms with van der Waals surface area (Å²) in [7, 11) is 1.51. The first-order chi connectivity index (χ1) is 9.20. The molecule has 0 aliphatic heterocycles. The minimum Gasteiger partial charge on any atom is -0.504 e. The van der Waals surface area contributed by atoms with Gasteiger partial charge in [-0.05, 0) is 23.8 Å². The Morgan fingerprint density at radius 2 is 1.89 bits per heavy atom. The van der Waals surface area contributed by atoms with Crippen molar-refractivity contribution < 1.29 is 14.6 Å². The van der Waals surface area contributed by atoms with E-state index in [2.05, 4.69) is 6.58 Å². The van der Waals surface area contributed by atoms with Gasteiger partial charge in [-0.3, -0.25) is 0 Å². The average molecular weight is 256 g/mol. The third-order valence-electron chi connectivity index (χ3n) is 2.76. The fourth-order valence-electron chi connectivity index (χ4n) is 1.68. The second kappa shape index (κ2) is 5.96.